The highest BCUT2D eigenvalue weighted by molar-refractivity contribution is 5.05. The van der Waals surface area contributed by atoms with Crippen LogP contribution in [0.4, 0.5) is 0 Å². The molecule has 0 aromatic rings. The van der Waals surface area contributed by atoms with E-state index in [0.29, 0.717) is 12.0 Å². The van der Waals surface area contributed by atoms with Crippen LogP contribution in [0.1, 0.15) is 53.4 Å². The van der Waals surface area contributed by atoms with Crippen molar-refractivity contribution in [3.63, 3.8) is 0 Å². The maximum absolute atomic E-state index is 9.11. The number of aliphatic hydroxyl groups excluding tert-OH is 1. The first kappa shape index (κ1) is 16.2. The zero-order chi connectivity index (χ0) is 15.0. The Labute approximate surface area is 123 Å². The molecule has 0 bridgehead atoms. The number of rotatable bonds is 6. The van der Waals surface area contributed by atoms with Crippen LogP contribution in [0.25, 0.3) is 0 Å². The van der Waals surface area contributed by atoms with Gasteiger partial charge in [0.05, 0.1) is 11.2 Å². The lowest BCUT2D eigenvalue weighted by atomic mass is 9.81. The van der Waals surface area contributed by atoms with Crippen molar-refractivity contribution in [2.45, 2.75) is 76.7 Å². The summed E-state index contributed by atoms with van der Waals surface area (Å²) in [5.74, 6) is 0.344. The first-order valence-corrected chi connectivity index (χ1v) is 8.08. The van der Waals surface area contributed by atoms with Crippen molar-refractivity contribution < 1.29 is 9.84 Å². The van der Waals surface area contributed by atoms with Gasteiger partial charge in [-0.1, -0.05) is 6.42 Å². The van der Waals surface area contributed by atoms with Crippen LogP contribution in [0.3, 0.4) is 0 Å². The summed E-state index contributed by atoms with van der Waals surface area (Å²) in [6.45, 7) is 10.8. The zero-order valence-electron chi connectivity index (χ0n) is 13.6. The molecule has 0 amide bonds. The van der Waals surface area contributed by atoms with Crippen molar-refractivity contribution in [3.8, 4) is 0 Å². The smallest absolute Gasteiger partial charge is 0.0788 e. The van der Waals surface area contributed by atoms with E-state index in [1.807, 2.05) is 0 Å². The summed E-state index contributed by atoms with van der Waals surface area (Å²) >= 11 is 0. The number of nitrogens with two attached hydrogens (primary N) is 1. The standard InChI is InChI=1S/C16H32N2O2/c1-15(2)13(14(17)16(3,4)20-15)11-18(9-6-10-19)12-7-5-8-12/h12-14,19H,5-11,17H2,1-4H3. The number of hydrogen-bond acceptors (Lipinski definition) is 4. The predicted octanol–water partition coefficient (Wildman–Crippen LogP) is 1.75. The van der Waals surface area contributed by atoms with E-state index in [2.05, 4.69) is 32.6 Å². The fourth-order valence-corrected chi connectivity index (χ4v) is 3.77. The average molecular weight is 284 g/mol. The van der Waals surface area contributed by atoms with Gasteiger partial charge in [-0.3, -0.25) is 4.90 Å². The molecule has 0 spiro atoms. The van der Waals surface area contributed by atoms with E-state index in [-0.39, 0.29) is 23.9 Å². The van der Waals surface area contributed by atoms with Gasteiger partial charge >= 0.3 is 0 Å². The molecule has 0 aromatic heterocycles. The van der Waals surface area contributed by atoms with Crippen molar-refractivity contribution in [1.29, 1.82) is 0 Å². The van der Waals surface area contributed by atoms with Gasteiger partial charge in [0.2, 0.25) is 0 Å². The molecule has 1 aliphatic heterocycles. The van der Waals surface area contributed by atoms with Crippen LogP contribution in [0.2, 0.25) is 0 Å². The highest BCUT2D eigenvalue weighted by atomic mass is 16.5. The van der Waals surface area contributed by atoms with Crippen LogP contribution in [0.5, 0.6) is 0 Å². The highest BCUT2D eigenvalue weighted by Gasteiger charge is 2.52. The molecule has 3 N–H and O–H groups in total. The molecule has 2 atom stereocenters. The Morgan fingerprint density at radius 2 is 1.85 bits per heavy atom. The Bertz CT molecular complexity index is 326. The monoisotopic (exact) mass is 284 g/mol. The van der Waals surface area contributed by atoms with Gasteiger partial charge in [0.25, 0.3) is 0 Å². The predicted molar refractivity (Wildman–Crippen MR) is 81.6 cm³/mol. The van der Waals surface area contributed by atoms with Crippen molar-refractivity contribution in [1.82, 2.24) is 4.90 Å². The number of aliphatic hydroxyl groups is 1. The highest BCUT2D eigenvalue weighted by Crippen LogP contribution is 2.42. The Morgan fingerprint density at radius 1 is 1.20 bits per heavy atom. The molecular weight excluding hydrogens is 252 g/mol. The molecule has 2 aliphatic rings. The third-order valence-electron chi connectivity index (χ3n) is 5.28. The van der Waals surface area contributed by atoms with E-state index in [1.54, 1.807) is 0 Å². The molecule has 2 rings (SSSR count). The summed E-state index contributed by atoms with van der Waals surface area (Å²) in [6.07, 6.45) is 4.77. The van der Waals surface area contributed by atoms with Gasteiger partial charge in [0, 0.05) is 37.7 Å². The van der Waals surface area contributed by atoms with Crippen molar-refractivity contribution in [3.05, 3.63) is 0 Å². The lowest BCUT2D eigenvalue weighted by Gasteiger charge is -2.41. The summed E-state index contributed by atoms with van der Waals surface area (Å²) in [5, 5.41) is 9.11. The summed E-state index contributed by atoms with van der Waals surface area (Å²) in [7, 11) is 0. The molecule has 1 saturated carbocycles. The minimum Gasteiger partial charge on any atom is -0.396 e. The van der Waals surface area contributed by atoms with Crippen LogP contribution < -0.4 is 5.73 Å². The molecule has 0 aromatic carbocycles. The first-order chi connectivity index (χ1) is 9.28. The van der Waals surface area contributed by atoms with Gasteiger partial charge in [-0.15, -0.1) is 0 Å². The fraction of sp³-hybridized carbons (Fsp3) is 1.00. The molecule has 1 aliphatic carbocycles. The summed E-state index contributed by atoms with van der Waals surface area (Å²) in [5.41, 5.74) is 6.04. The molecule has 2 fully saturated rings. The second-order valence-electron chi connectivity index (χ2n) is 7.60. The maximum Gasteiger partial charge on any atom is 0.0788 e. The molecule has 4 nitrogen and oxygen atoms in total. The van der Waals surface area contributed by atoms with Gasteiger partial charge in [0.15, 0.2) is 0 Å². The van der Waals surface area contributed by atoms with Crippen LogP contribution in [0.15, 0.2) is 0 Å². The second-order valence-corrected chi connectivity index (χ2v) is 7.60. The third-order valence-corrected chi connectivity index (χ3v) is 5.28. The van der Waals surface area contributed by atoms with E-state index in [0.717, 1.165) is 19.5 Å². The summed E-state index contributed by atoms with van der Waals surface area (Å²) in [6, 6.07) is 0.752. The van der Waals surface area contributed by atoms with E-state index >= 15 is 0 Å². The quantitative estimate of drug-likeness (QED) is 0.780. The maximum atomic E-state index is 9.11. The van der Waals surface area contributed by atoms with E-state index in [9.17, 15) is 0 Å². The third kappa shape index (κ3) is 3.19. The zero-order valence-corrected chi connectivity index (χ0v) is 13.6. The minimum atomic E-state index is -0.254. The lowest BCUT2D eigenvalue weighted by Crippen LogP contribution is -2.51. The Morgan fingerprint density at radius 3 is 2.25 bits per heavy atom. The van der Waals surface area contributed by atoms with Crippen LogP contribution >= 0.6 is 0 Å². The summed E-state index contributed by atoms with van der Waals surface area (Å²) < 4.78 is 6.20. The average Bonchev–Trinajstić information content (AvgIpc) is 2.41. The normalized spacial score (nSPS) is 32.5. The van der Waals surface area contributed by atoms with Gasteiger partial charge in [0.1, 0.15) is 0 Å². The van der Waals surface area contributed by atoms with Gasteiger partial charge in [-0.2, -0.15) is 0 Å². The Hall–Kier alpha value is -0.160. The van der Waals surface area contributed by atoms with Crippen molar-refractivity contribution in [2.24, 2.45) is 11.7 Å². The molecule has 20 heavy (non-hydrogen) atoms. The molecular formula is C16H32N2O2. The Balaban J connectivity index is 2.04. The largest absolute Gasteiger partial charge is 0.396 e. The number of nitrogens with zero attached hydrogens (tertiary/aromatic N) is 1. The van der Waals surface area contributed by atoms with Crippen LogP contribution in [-0.2, 0) is 4.74 Å². The molecule has 118 valence electrons. The van der Waals surface area contributed by atoms with Crippen LogP contribution in [0, 0.1) is 5.92 Å². The number of ether oxygens (including phenoxy) is 1. The molecule has 1 saturated heterocycles. The molecule has 2 unspecified atom stereocenters. The first-order valence-electron chi connectivity index (χ1n) is 8.08. The fourth-order valence-electron chi connectivity index (χ4n) is 3.77. The second kappa shape index (κ2) is 5.91. The van der Waals surface area contributed by atoms with Gasteiger partial charge < -0.3 is 15.6 Å². The van der Waals surface area contributed by atoms with Gasteiger partial charge in [-0.25, -0.2) is 0 Å². The number of hydrogen-bond donors (Lipinski definition) is 2. The minimum absolute atomic E-state index is 0.0641. The molecule has 4 heteroatoms. The SMILES string of the molecule is CC1(C)OC(C)(C)C(CN(CCCO)C2CCC2)C1N. The summed E-state index contributed by atoms with van der Waals surface area (Å²) in [4.78, 5) is 2.54. The Kier molecular flexibility index (Phi) is 4.80. The van der Waals surface area contributed by atoms with Gasteiger partial charge in [-0.05, 0) is 47.0 Å². The lowest BCUT2D eigenvalue weighted by molar-refractivity contribution is -0.0800. The molecule has 0 radical (unpaired) electrons. The van der Waals surface area contributed by atoms with E-state index in [4.69, 9.17) is 15.6 Å². The van der Waals surface area contributed by atoms with E-state index in [1.165, 1.54) is 19.3 Å². The van der Waals surface area contributed by atoms with E-state index < -0.39 is 0 Å². The topological polar surface area (TPSA) is 58.7 Å². The molecule has 1 heterocycles. The van der Waals surface area contributed by atoms with Crippen LogP contribution in [-0.4, -0.2) is 53.0 Å². The van der Waals surface area contributed by atoms with Crippen molar-refractivity contribution >= 4 is 0 Å². The van der Waals surface area contributed by atoms with Crippen molar-refractivity contribution in [2.75, 3.05) is 19.7 Å².